The van der Waals surface area contributed by atoms with Crippen LogP contribution in [0.1, 0.15) is 24.6 Å². The molecule has 2 nitrogen and oxygen atoms in total. The van der Waals surface area contributed by atoms with E-state index in [2.05, 4.69) is 47.6 Å². The Morgan fingerprint density at radius 2 is 2.18 bits per heavy atom. The van der Waals surface area contributed by atoms with Crippen molar-refractivity contribution in [1.82, 2.24) is 10.3 Å². The lowest BCUT2D eigenvalue weighted by Crippen LogP contribution is -2.20. The van der Waals surface area contributed by atoms with E-state index in [0.717, 1.165) is 25.9 Å². The van der Waals surface area contributed by atoms with E-state index in [4.69, 9.17) is 0 Å². The summed E-state index contributed by atoms with van der Waals surface area (Å²) in [6.07, 6.45) is 4.50. The van der Waals surface area contributed by atoms with Gasteiger partial charge in [-0.25, -0.2) is 0 Å². The molecule has 0 spiro atoms. The van der Waals surface area contributed by atoms with Crippen LogP contribution in [-0.4, -0.2) is 18.1 Å². The fourth-order valence-corrected chi connectivity index (χ4v) is 2.43. The summed E-state index contributed by atoms with van der Waals surface area (Å²) >= 11 is 0. The summed E-state index contributed by atoms with van der Waals surface area (Å²) < 4.78 is 0. The van der Waals surface area contributed by atoms with Gasteiger partial charge in [0.15, 0.2) is 0 Å². The van der Waals surface area contributed by atoms with Crippen LogP contribution in [-0.2, 0) is 6.42 Å². The fourth-order valence-electron chi connectivity index (χ4n) is 2.43. The second kappa shape index (κ2) is 4.38. The highest BCUT2D eigenvalue weighted by molar-refractivity contribution is 5.85. The van der Waals surface area contributed by atoms with Crippen molar-refractivity contribution in [2.75, 3.05) is 13.1 Å². The molecule has 17 heavy (non-hydrogen) atoms. The lowest BCUT2D eigenvalue weighted by Gasteiger charge is -2.12. The van der Waals surface area contributed by atoms with Gasteiger partial charge in [-0.15, -0.1) is 0 Å². The average Bonchev–Trinajstić information content (AvgIpc) is 2.82. The number of nitrogens with one attached hydrogen (secondary N) is 2. The van der Waals surface area contributed by atoms with Crippen molar-refractivity contribution in [2.45, 2.75) is 19.8 Å². The molecule has 2 aromatic rings. The van der Waals surface area contributed by atoms with Crippen LogP contribution in [0.15, 0.2) is 30.3 Å². The average molecular weight is 226 g/mol. The van der Waals surface area contributed by atoms with Crippen molar-refractivity contribution in [3.05, 3.63) is 41.6 Å². The Bertz CT molecular complexity index is 563. The van der Waals surface area contributed by atoms with Crippen LogP contribution in [0, 0.1) is 0 Å². The monoisotopic (exact) mass is 226 g/mol. The molecule has 88 valence electrons. The van der Waals surface area contributed by atoms with Crippen molar-refractivity contribution < 1.29 is 0 Å². The van der Waals surface area contributed by atoms with Crippen LogP contribution in [0.25, 0.3) is 16.5 Å². The summed E-state index contributed by atoms with van der Waals surface area (Å²) in [7, 11) is 0. The molecule has 2 N–H and O–H groups in total. The Kier molecular flexibility index (Phi) is 2.73. The van der Waals surface area contributed by atoms with E-state index < -0.39 is 0 Å². The third-order valence-electron chi connectivity index (χ3n) is 3.50. The molecule has 0 amide bonds. The number of rotatable bonds is 2. The maximum absolute atomic E-state index is 3.54. The summed E-state index contributed by atoms with van der Waals surface area (Å²) in [5.74, 6) is 0. The zero-order valence-electron chi connectivity index (χ0n) is 10.2. The van der Waals surface area contributed by atoms with E-state index in [9.17, 15) is 0 Å². The van der Waals surface area contributed by atoms with Gasteiger partial charge in [0, 0.05) is 23.1 Å². The van der Waals surface area contributed by atoms with Gasteiger partial charge >= 0.3 is 0 Å². The van der Waals surface area contributed by atoms with Crippen molar-refractivity contribution in [3.63, 3.8) is 0 Å². The zero-order valence-corrected chi connectivity index (χ0v) is 10.2. The van der Waals surface area contributed by atoms with Gasteiger partial charge < -0.3 is 10.3 Å². The number of hydrogen-bond acceptors (Lipinski definition) is 1. The second-order valence-corrected chi connectivity index (χ2v) is 4.64. The highest BCUT2D eigenvalue weighted by Gasteiger charge is 2.08. The Balaban J connectivity index is 2.03. The topological polar surface area (TPSA) is 27.8 Å². The number of benzene rings is 1. The Hall–Kier alpha value is -1.54. The van der Waals surface area contributed by atoms with Crippen molar-refractivity contribution in [1.29, 1.82) is 0 Å². The number of aryl methyl sites for hydroxylation is 1. The van der Waals surface area contributed by atoms with Gasteiger partial charge in [0.2, 0.25) is 0 Å². The van der Waals surface area contributed by atoms with E-state index >= 15 is 0 Å². The maximum Gasteiger partial charge on any atom is 0.0461 e. The number of H-pyrrole nitrogens is 1. The van der Waals surface area contributed by atoms with E-state index in [1.807, 2.05) is 0 Å². The van der Waals surface area contributed by atoms with Crippen LogP contribution >= 0.6 is 0 Å². The van der Waals surface area contributed by atoms with Crippen LogP contribution < -0.4 is 5.32 Å². The highest BCUT2D eigenvalue weighted by atomic mass is 14.9. The van der Waals surface area contributed by atoms with E-state index in [1.54, 1.807) is 0 Å². The predicted octanol–water partition coefficient (Wildman–Crippen LogP) is 3.11. The normalized spacial score (nSPS) is 16.2. The van der Waals surface area contributed by atoms with Crippen LogP contribution in [0.4, 0.5) is 0 Å². The molecule has 0 saturated heterocycles. The Morgan fingerprint density at radius 3 is 2.94 bits per heavy atom. The molecule has 1 aliphatic rings. The SMILES string of the molecule is CCc1ccc2cc(C3=CCNCC3)[nH]c2c1. The molecular formula is C15H18N2. The molecule has 1 aromatic heterocycles. The molecule has 2 heterocycles. The van der Waals surface area contributed by atoms with Gasteiger partial charge in [0.05, 0.1) is 0 Å². The fraction of sp³-hybridized carbons (Fsp3) is 0.333. The van der Waals surface area contributed by atoms with Crippen molar-refractivity contribution in [2.24, 2.45) is 0 Å². The number of aromatic nitrogens is 1. The molecule has 0 unspecified atom stereocenters. The molecule has 0 aliphatic carbocycles. The van der Waals surface area contributed by atoms with E-state index in [-0.39, 0.29) is 0 Å². The predicted molar refractivity (Wildman–Crippen MR) is 73.1 cm³/mol. The number of fused-ring (bicyclic) bond motifs is 1. The first-order chi connectivity index (χ1) is 8.36. The Morgan fingerprint density at radius 1 is 1.24 bits per heavy atom. The quantitative estimate of drug-likeness (QED) is 0.809. The molecule has 0 atom stereocenters. The maximum atomic E-state index is 3.54. The van der Waals surface area contributed by atoms with Gasteiger partial charge in [-0.3, -0.25) is 0 Å². The standard InChI is InChI=1S/C15H18N2/c1-2-11-3-4-13-10-15(17-14(13)9-11)12-5-7-16-8-6-12/h3-5,9-10,16-17H,2,6-8H2,1H3. The van der Waals surface area contributed by atoms with Gasteiger partial charge in [-0.1, -0.05) is 25.1 Å². The van der Waals surface area contributed by atoms with Gasteiger partial charge in [0.1, 0.15) is 0 Å². The zero-order chi connectivity index (χ0) is 11.7. The Labute approximate surface area is 102 Å². The summed E-state index contributed by atoms with van der Waals surface area (Å²) in [6.45, 7) is 4.27. The van der Waals surface area contributed by atoms with Gasteiger partial charge in [-0.05, 0) is 42.7 Å². The molecule has 1 aliphatic heterocycles. The summed E-state index contributed by atoms with van der Waals surface area (Å²) in [6, 6.07) is 8.97. The molecule has 3 rings (SSSR count). The minimum absolute atomic E-state index is 0.991. The van der Waals surface area contributed by atoms with Gasteiger partial charge in [0.25, 0.3) is 0 Å². The van der Waals surface area contributed by atoms with Crippen LogP contribution in [0.3, 0.4) is 0 Å². The van der Waals surface area contributed by atoms with Crippen molar-refractivity contribution >= 4 is 16.5 Å². The minimum Gasteiger partial charge on any atom is -0.355 e. The summed E-state index contributed by atoms with van der Waals surface area (Å²) in [4.78, 5) is 3.54. The molecule has 2 heteroatoms. The largest absolute Gasteiger partial charge is 0.355 e. The first-order valence-corrected chi connectivity index (χ1v) is 6.38. The first-order valence-electron chi connectivity index (χ1n) is 6.38. The summed E-state index contributed by atoms with van der Waals surface area (Å²) in [5.41, 5.74) is 5.39. The minimum atomic E-state index is 0.991. The van der Waals surface area contributed by atoms with E-state index in [1.165, 1.54) is 27.7 Å². The first kappa shape index (κ1) is 10.6. The summed E-state index contributed by atoms with van der Waals surface area (Å²) in [5, 5.41) is 4.66. The smallest absolute Gasteiger partial charge is 0.0461 e. The molecule has 0 fully saturated rings. The highest BCUT2D eigenvalue weighted by Crippen LogP contribution is 2.24. The third-order valence-corrected chi connectivity index (χ3v) is 3.50. The molecule has 0 radical (unpaired) electrons. The molecule has 0 saturated carbocycles. The molecule has 0 bridgehead atoms. The number of aromatic amines is 1. The third kappa shape index (κ3) is 2.01. The molecular weight excluding hydrogens is 208 g/mol. The number of hydrogen-bond donors (Lipinski definition) is 2. The lowest BCUT2D eigenvalue weighted by atomic mass is 10.1. The van der Waals surface area contributed by atoms with Crippen molar-refractivity contribution in [3.8, 4) is 0 Å². The van der Waals surface area contributed by atoms with E-state index in [0.29, 0.717) is 0 Å². The second-order valence-electron chi connectivity index (χ2n) is 4.64. The van der Waals surface area contributed by atoms with Crippen LogP contribution in [0.2, 0.25) is 0 Å². The molecule has 1 aromatic carbocycles. The van der Waals surface area contributed by atoms with Crippen LogP contribution in [0.5, 0.6) is 0 Å². The van der Waals surface area contributed by atoms with Gasteiger partial charge in [-0.2, -0.15) is 0 Å². The lowest BCUT2D eigenvalue weighted by molar-refractivity contribution is 0.737.